The van der Waals surface area contributed by atoms with E-state index in [-0.39, 0.29) is 17.9 Å². The van der Waals surface area contributed by atoms with Crippen molar-refractivity contribution < 1.29 is 18.3 Å². The van der Waals surface area contributed by atoms with E-state index in [1.807, 2.05) is 24.8 Å². The molecule has 0 saturated carbocycles. The number of ether oxygens (including phenoxy) is 1. The maximum atomic E-state index is 14.1. The maximum absolute atomic E-state index is 14.1. The fourth-order valence-corrected chi connectivity index (χ4v) is 4.23. The second-order valence-corrected chi connectivity index (χ2v) is 7.85. The Kier molecular flexibility index (Phi) is 7.09. The molecule has 1 aliphatic heterocycles. The summed E-state index contributed by atoms with van der Waals surface area (Å²) in [5, 5.41) is 8.73. The molecule has 0 fully saturated rings. The number of aryl methyl sites for hydroxylation is 2. The number of esters is 1. The fourth-order valence-electron chi connectivity index (χ4n) is 4.23. The van der Waals surface area contributed by atoms with Crippen LogP contribution in [0.2, 0.25) is 0 Å². The van der Waals surface area contributed by atoms with Gasteiger partial charge in [-0.15, -0.1) is 5.10 Å². The smallest absolute Gasteiger partial charge is 0.358 e. The summed E-state index contributed by atoms with van der Waals surface area (Å²) >= 11 is 0. The second kappa shape index (κ2) is 10.2. The predicted octanol–water partition coefficient (Wildman–Crippen LogP) is 5.35. The molecule has 0 N–H and O–H groups in total. The topological polar surface area (TPSA) is 77.5 Å². The molecule has 0 amide bonds. The molecule has 0 aliphatic carbocycles. The average Bonchev–Trinajstić information content (AvgIpc) is 3.50. The van der Waals surface area contributed by atoms with Gasteiger partial charge in [0, 0.05) is 36.6 Å². The second-order valence-electron chi connectivity index (χ2n) is 7.85. The van der Waals surface area contributed by atoms with Gasteiger partial charge in [-0.25, -0.2) is 23.1 Å². The van der Waals surface area contributed by atoms with Gasteiger partial charge in [-0.05, 0) is 55.2 Å². The van der Waals surface area contributed by atoms with E-state index in [0.717, 1.165) is 18.4 Å². The highest BCUT2D eigenvalue weighted by Crippen LogP contribution is 2.40. The van der Waals surface area contributed by atoms with E-state index in [2.05, 4.69) is 15.2 Å². The van der Waals surface area contributed by atoms with E-state index < -0.39 is 12.4 Å². The van der Waals surface area contributed by atoms with Crippen LogP contribution in [0.5, 0.6) is 0 Å². The molecule has 3 aromatic heterocycles. The lowest BCUT2D eigenvalue weighted by Crippen LogP contribution is -2.26. The quantitative estimate of drug-likeness (QED) is 0.357. The van der Waals surface area contributed by atoms with Crippen LogP contribution in [0.3, 0.4) is 0 Å². The van der Waals surface area contributed by atoms with Gasteiger partial charge in [-0.2, -0.15) is 5.10 Å². The van der Waals surface area contributed by atoms with Crippen LogP contribution in [-0.4, -0.2) is 43.5 Å². The Hall–Kier alpha value is -3.82. The van der Waals surface area contributed by atoms with Gasteiger partial charge in [0.05, 0.1) is 19.0 Å². The van der Waals surface area contributed by atoms with Crippen LogP contribution in [0.1, 0.15) is 55.2 Å². The number of imidazole rings is 1. The van der Waals surface area contributed by atoms with Crippen molar-refractivity contribution in [2.45, 2.75) is 40.0 Å². The summed E-state index contributed by atoms with van der Waals surface area (Å²) in [7, 11) is 1.76. The average molecular weight is 483 g/mol. The summed E-state index contributed by atoms with van der Waals surface area (Å²) < 4.78 is 36.3. The summed E-state index contributed by atoms with van der Waals surface area (Å²) in [6.07, 6.45) is 3.71. The third kappa shape index (κ3) is 4.60. The Labute approximate surface area is 202 Å². The molecular weight excluding hydrogens is 454 g/mol. The van der Waals surface area contributed by atoms with Crippen molar-refractivity contribution in [3.05, 3.63) is 59.7 Å². The molecule has 0 spiro atoms. The van der Waals surface area contributed by atoms with Crippen molar-refractivity contribution in [2.24, 2.45) is 7.05 Å². The van der Waals surface area contributed by atoms with Gasteiger partial charge in [0.15, 0.2) is 17.2 Å². The molecular formula is C25H28F2N6O2. The summed E-state index contributed by atoms with van der Waals surface area (Å²) in [5.41, 5.74) is 3.46. The van der Waals surface area contributed by atoms with Crippen molar-refractivity contribution >= 4 is 23.1 Å². The zero-order valence-corrected chi connectivity index (χ0v) is 20.2. The first-order chi connectivity index (χ1) is 17.0. The number of hydrogen-bond acceptors (Lipinski definition) is 6. The van der Waals surface area contributed by atoms with Gasteiger partial charge >= 0.3 is 5.97 Å². The Morgan fingerprint density at radius 3 is 2.69 bits per heavy atom. The summed E-state index contributed by atoms with van der Waals surface area (Å²) in [6, 6.07) is 6.91. The van der Waals surface area contributed by atoms with Crippen molar-refractivity contribution in [1.82, 2.24) is 24.4 Å². The van der Waals surface area contributed by atoms with Gasteiger partial charge in [0.25, 0.3) is 6.43 Å². The minimum atomic E-state index is -2.64. The number of halogens is 2. The number of benzene rings is 1. The third-order valence-electron chi connectivity index (χ3n) is 5.73. The van der Waals surface area contributed by atoms with E-state index in [9.17, 15) is 13.6 Å². The minimum Gasteiger partial charge on any atom is -0.461 e. The Bertz CT molecular complexity index is 1350. The molecule has 0 unspecified atom stereocenters. The third-order valence-corrected chi connectivity index (χ3v) is 5.73. The number of nitrogens with zero attached hydrogens (tertiary/aromatic N) is 6. The molecule has 0 saturated heterocycles. The fraction of sp³-hybridized carbons (Fsp3) is 0.360. The maximum Gasteiger partial charge on any atom is 0.358 e. The van der Waals surface area contributed by atoms with Crippen LogP contribution in [-0.2, 0) is 18.2 Å². The molecule has 10 heteroatoms. The van der Waals surface area contributed by atoms with Crippen LogP contribution < -0.4 is 4.90 Å². The van der Waals surface area contributed by atoms with Crippen molar-refractivity contribution in [1.29, 1.82) is 0 Å². The SMILES string of the molecule is CC.CCOC(=O)c1cnc2ccc(N3CCCc4cc(-c5cnn(C)c5)c(C(F)F)cc43)nn12. The van der Waals surface area contributed by atoms with Crippen LogP contribution in [0.15, 0.2) is 42.9 Å². The van der Waals surface area contributed by atoms with E-state index in [1.54, 1.807) is 49.2 Å². The highest BCUT2D eigenvalue weighted by atomic mass is 19.3. The monoisotopic (exact) mass is 482 g/mol. The van der Waals surface area contributed by atoms with Crippen LogP contribution >= 0.6 is 0 Å². The van der Waals surface area contributed by atoms with E-state index in [1.165, 1.54) is 10.7 Å². The van der Waals surface area contributed by atoms with E-state index in [0.29, 0.717) is 34.8 Å². The largest absolute Gasteiger partial charge is 0.461 e. The van der Waals surface area contributed by atoms with Crippen LogP contribution in [0.25, 0.3) is 16.8 Å². The van der Waals surface area contributed by atoms with Crippen LogP contribution in [0.4, 0.5) is 20.3 Å². The molecule has 4 aromatic rings. The lowest BCUT2D eigenvalue weighted by Gasteiger charge is -2.31. The summed E-state index contributed by atoms with van der Waals surface area (Å²) in [5.74, 6) is 0.0242. The standard InChI is InChI=1S/C23H22F2N6O2.C2H6/c1-3-33-23(32)19-12-26-20-6-7-21(28-31(19)20)30-8-4-5-14-9-16(15-11-27-29(2)13-15)17(22(24)25)10-18(14)30;1-2/h6-7,9-13,22H,3-5,8H2,1-2H3;1-2H3. The summed E-state index contributed by atoms with van der Waals surface area (Å²) in [6.45, 7) is 6.58. The zero-order chi connectivity index (χ0) is 25.1. The number of rotatable bonds is 5. The molecule has 35 heavy (non-hydrogen) atoms. The Balaban J connectivity index is 0.00000141. The van der Waals surface area contributed by atoms with Gasteiger partial charge in [0.1, 0.15) is 0 Å². The number of hydrogen-bond donors (Lipinski definition) is 0. The number of carbonyl (C=O) groups excluding carboxylic acids is 1. The molecule has 184 valence electrons. The molecule has 8 nitrogen and oxygen atoms in total. The van der Waals surface area contributed by atoms with Gasteiger partial charge in [-0.1, -0.05) is 13.8 Å². The molecule has 1 aliphatic rings. The van der Waals surface area contributed by atoms with Gasteiger partial charge in [0.2, 0.25) is 0 Å². The first-order valence-corrected chi connectivity index (χ1v) is 11.7. The lowest BCUT2D eigenvalue weighted by molar-refractivity contribution is 0.0516. The first-order valence-electron chi connectivity index (χ1n) is 11.7. The molecule has 0 bridgehead atoms. The Morgan fingerprint density at radius 1 is 1.20 bits per heavy atom. The molecule has 0 radical (unpaired) electrons. The first kappa shape index (κ1) is 24.3. The number of alkyl halides is 2. The van der Waals surface area contributed by atoms with Crippen LogP contribution in [0, 0.1) is 0 Å². The number of carbonyl (C=O) groups is 1. The molecule has 1 aromatic carbocycles. The highest BCUT2D eigenvalue weighted by Gasteiger charge is 2.26. The number of anilines is 2. The van der Waals surface area contributed by atoms with E-state index >= 15 is 0 Å². The van der Waals surface area contributed by atoms with Crippen molar-refractivity contribution in [2.75, 3.05) is 18.1 Å². The lowest BCUT2D eigenvalue weighted by atomic mass is 9.93. The van der Waals surface area contributed by atoms with Gasteiger partial charge < -0.3 is 9.64 Å². The van der Waals surface area contributed by atoms with Crippen molar-refractivity contribution in [3.8, 4) is 11.1 Å². The van der Waals surface area contributed by atoms with Crippen molar-refractivity contribution in [3.63, 3.8) is 0 Å². The summed E-state index contributed by atoms with van der Waals surface area (Å²) in [4.78, 5) is 18.4. The molecule has 5 rings (SSSR count). The minimum absolute atomic E-state index is 0.0513. The Morgan fingerprint density at radius 2 is 2.00 bits per heavy atom. The normalized spacial score (nSPS) is 12.9. The van der Waals surface area contributed by atoms with Gasteiger partial charge in [-0.3, -0.25) is 4.68 Å². The molecule has 0 atom stereocenters. The number of aromatic nitrogens is 5. The zero-order valence-electron chi connectivity index (χ0n) is 20.2. The number of fused-ring (bicyclic) bond motifs is 2. The highest BCUT2D eigenvalue weighted by molar-refractivity contribution is 5.88. The van der Waals surface area contributed by atoms with E-state index in [4.69, 9.17) is 4.74 Å². The molecule has 4 heterocycles. The predicted molar refractivity (Wildman–Crippen MR) is 129 cm³/mol.